The molecule has 22 heavy (non-hydrogen) atoms. The highest BCUT2D eigenvalue weighted by Crippen LogP contribution is 2.26. The number of anilines is 1. The summed E-state index contributed by atoms with van der Waals surface area (Å²) in [6.07, 6.45) is 4.06. The summed E-state index contributed by atoms with van der Waals surface area (Å²) in [6.45, 7) is 5.41. The maximum absolute atomic E-state index is 11.6. The first kappa shape index (κ1) is 16.3. The van der Waals surface area contributed by atoms with Crippen molar-refractivity contribution >= 4 is 17.6 Å². The third-order valence-corrected chi connectivity index (χ3v) is 4.17. The zero-order chi connectivity index (χ0) is 15.9. The molecule has 2 rings (SSSR count). The summed E-state index contributed by atoms with van der Waals surface area (Å²) in [4.78, 5) is 15.9. The van der Waals surface area contributed by atoms with Crippen LogP contribution in [0, 0.1) is 19.8 Å². The van der Waals surface area contributed by atoms with Crippen LogP contribution >= 0.6 is 0 Å². The van der Waals surface area contributed by atoms with Gasteiger partial charge in [-0.15, -0.1) is 0 Å². The Labute approximate surface area is 132 Å². The van der Waals surface area contributed by atoms with Gasteiger partial charge in [-0.05, 0) is 56.4 Å². The lowest BCUT2D eigenvalue weighted by atomic mass is 9.85. The summed E-state index contributed by atoms with van der Waals surface area (Å²) in [5, 5.41) is 6.04. The van der Waals surface area contributed by atoms with Crippen LogP contribution in [0.5, 0.6) is 0 Å². The molecule has 0 radical (unpaired) electrons. The number of aliphatic imine (C=N–C) groups is 1. The van der Waals surface area contributed by atoms with Gasteiger partial charge < -0.3 is 16.4 Å². The van der Waals surface area contributed by atoms with E-state index in [0.29, 0.717) is 19.0 Å². The zero-order valence-corrected chi connectivity index (χ0v) is 13.5. The molecule has 1 saturated carbocycles. The number of nitrogens with zero attached hydrogens (tertiary/aromatic N) is 1. The van der Waals surface area contributed by atoms with E-state index in [1.165, 1.54) is 17.5 Å². The molecular weight excluding hydrogens is 276 g/mol. The smallest absolute Gasteiger partial charge is 0.223 e. The molecule has 0 unspecified atom stereocenters. The highest BCUT2D eigenvalue weighted by Gasteiger charge is 2.24. The number of hydrogen-bond donors (Lipinski definition) is 3. The standard InChI is InChI=1S/C17H26N4O/c1-12-7-8-15(11-13(12)2)21-17(18)20-10-4-9-19-16(22)14-5-3-6-14/h7-8,11,14H,3-6,9-10H2,1-2H3,(H,19,22)(H3,18,20,21). The van der Waals surface area contributed by atoms with Gasteiger partial charge in [-0.1, -0.05) is 12.5 Å². The monoisotopic (exact) mass is 302 g/mol. The minimum absolute atomic E-state index is 0.191. The number of rotatable bonds is 6. The van der Waals surface area contributed by atoms with Crippen molar-refractivity contribution in [2.24, 2.45) is 16.6 Å². The van der Waals surface area contributed by atoms with Crippen LogP contribution in [-0.2, 0) is 4.79 Å². The minimum Gasteiger partial charge on any atom is -0.370 e. The second kappa shape index (κ2) is 7.82. The predicted molar refractivity (Wildman–Crippen MR) is 91.0 cm³/mol. The van der Waals surface area contributed by atoms with Gasteiger partial charge in [-0.25, -0.2) is 0 Å². The van der Waals surface area contributed by atoms with Crippen LogP contribution in [-0.4, -0.2) is 25.0 Å². The number of nitrogens with one attached hydrogen (secondary N) is 2. The Morgan fingerprint density at radius 2 is 2.09 bits per heavy atom. The lowest BCUT2D eigenvalue weighted by Crippen LogP contribution is -2.35. The fraction of sp³-hybridized carbons (Fsp3) is 0.529. The molecule has 5 nitrogen and oxygen atoms in total. The maximum Gasteiger partial charge on any atom is 0.223 e. The van der Waals surface area contributed by atoms with Gasteiger partial charge in [0.25, 0.3) is 0 Å². The lowest BCUT2D eigenvalue weighted by Gasteiger charge is -2.23. The quantitative estimate of drug-likeness (QED) is 0.429. The Morgan fingerprint density at radius 3 is 2.73 bits per heavy atom. The van der Waals surface area contributed by atoms with Crippen LogP contribution in [0.15, 0.2) is 23.2 Å². The molecule has 1 aliphatic carbocycles. The Bertz CT molecular complexity index is 550. The average molecular weight is 302 g/mol. The van der Waals surface area contributed by atoms with Crippen molar-refractivity contribution in [3.8, 4) is 0 Å². The molecule has 5 heteroatoms. The Balaban J connectivity index is 1.66. The van der Waals surface area contributed by atoms with Gasteiger partial charge in [-0.2, -0.15) is 0 Å². The van der Waals surface area contributed by atoms with E-state index in [2.05, 4.69) is 41.6 Å². The maximum atomic E-state index is 11.6. The number of carbonyl (C=O) groups excluding carboxylic acids is 1. The molecule has 0 heterocycles. The van der Waals surface area contributed by atoms with Gasteiger partial charge in [-0.3, -0.25) is 9.79 Å². The fourth-order valence-electron chi connectivity index (χ4n) is 2.31. The van der Waals surface area contributed by atoms with E-state index in [1.54, 1.807) is 0 Å². The second-order valence-electron chi connectivity index (χ2n) is 5.96. The number of nitrogens with two attached hydrogens (primary N) is 1. The van der Waals surface area contributed by atoms with Crippen molar-refractivity contribution in [2.75, 3.05) is 18.4 Å². The normalized spacial score (nSPS) is 15.3. The van der Waals surface area contributed by atoms with E-state index in [9.17, 15) is 4.79 Å². The minimum atomic E-state index is 0.191. The van der Waals surface area contributed by atoms with E-state index in [-0.39, 0.29) is 11.8 Å². The van der Waals surface area contributed by atoms with Gasteiger partial charge in [0.2, 0.25) is 5.91 Å². The first-order chi connectivity index (χ1) is 10.6. The van der Waals surface area contributed by atoms with E-state index in [0.717, 1.165) is 24.9 Å². The van der Waals surface area contributed by atoms with Gasteiger partial charge in [0.15, 0.2) is 5.96 Å². The molecule has 0 atom stereocenters. The molecule has 120 valence electrons. The van der Waals surface area contributed by atoms with Crippen molar-refractivity contribution in [2.45, 2.75) is 39.5 Å². The molecule has 0 bridgehead atoms. The average Bonchev–Trinajstić information content (AvgIpc) is 2.40. The van der Waals surface area contributed by atoms with Crippen LogP contribution in [0.25, 0.3) is 0 Å². The molecule has 1 aliphatic rings. The molecule has 0 spiro atoms. The Morgan fingerprint density at radius 1 is 1.32 bits per heavy atom. The first-order valence-corrected chi connectivity index (χ1v) is 7.98. The summed E-state index contributed by atoms with van der Waals surface area (Å²) >= 11 is 0. The SMILES string of the molecule is Cc1ccc(NC(N)=NCCCNC(=O)C2CCC2)cc1C. The van der Waals surface area contributed by atoms with Crippen molar-refractivity contribution in [1.29, 1.82) is 0 Å². The summed E-state index contributed by atoms with van der Waals surface area (Å²) in [7, 11) is 0. The zero-order valence-electron chi connectivity index (χ0n) is 13.5. The number of carbonyl (C=O) groups is 1. The third kappa shape index (κ3) is 4.76. The number of amides is 1. The summed E-state index contributed by atoms with van der Waals surface area (Å²) < 4.78 is 0. The highest BCUT2D eigenvalue weighted by atomic mass is 16.1. The molecular formula is C17H26N4O. The third-order valence-electron chi connectivity index (χ3n) is 4.17. The van der Waals surface area contributed by atoms with Crippen LogP contribution in [0.1, 0.15) is 36.8 Å². The Hall–Kier alpha value is -2.04. The number of hydrogen-bond acceptors (Lipinski definition) is 2. The van der Waals surface area contributed by atoms with Crippen molar-refractivity contribution < 1.29 is 4.79 Å². The largest absolute Gasteiger partial charge is 0.370 e. The van der Waals surface area contributed by atoms with E-state index in [4.69, 9.17) is 5.73 Å². The van der Waals surface area contributed by atoms with E-state index < -0.39 is 0 Å². The fourth-order valence-corrected chi connectivity index (χ4v) is 2.31. The number of guanidine groups is 1. The topological polar surface area (TPSA) is 79.5 Å². The Kier molecular flexibility index (Phi) is 5.81. The molecule has 0 saturated heterocycles. The summed E-state index contributed by atoms with van der Waals surface area (Å²) in [5.74, 6) is 0.852. The van der Waals surface area contributed by atoms with Gasteiger partial charge in [0.05, 0.1) is 0 Å². The number of aryl methyl sites for hydroxylation is 2. The molecule has 0 aliphatic heterocycles. The highest BCUT2D eigenvalue weighted by molar-refractivity contribution is 5.92. The first-order valence-electron chi connectivity index (χ1n) is 7.98. The van der Waals surface area contributed by atoms with Crippen LogP contribution in [0.4, 0.5) is 5.69 Å². The van der Waals surface area contributed by atoms with Crippen molar-refractivity contribution in [3.63, 3.8) is 0 Å². The van der Waals surface area contributed by atoms with Crippen LogP contribution in [0.2, 0.25) is 0 Å². The molecule has 4 N–H and O–H groups in total. The summed E-state index contributed by atoms with van der Waals surface area (Å²) in [5.41, 5.74) is 9.29. The molecule has 0 aromatic heterocycles. The lowest BCUT2D eigenvalue weighted by molar-refractivity contribution is -0.127. The van der Waals surface area contributed by atoms with Gasteiger partial charge in [0, 0.05) is 24.7 Å². The molecule has 1 fully saturated rings. The summed E-state index contributed by atoms with van der Waals surface area (Å²) in [6, 6.07) is 6.10. The predicted octanol–water partition coefficient (Wildman–Crippen LogP) is 2.34. The number of benzene rings is 1. The van der Waals surface area contributed by atoms with E-state index in [1.807, 2.05) is 6.07 Å². The second-order valence-corrected chi connectivity index (χ2v) is 5.96. The van der Waals surface area contributed by atoms with Crippen LogP contribution < -0.4 is 16.4 Å². The van der Waals surface area contributed by atoms with Gasteiger partial charge >= 0.3 is 0 Å². The molecule has 1 aromatic rings. The van der Waals surface area contributed by atoms with Crippen LogP contribution in [0.3, 0.4) is 0 Å². The van der Waals surface area contributed by atoms with E-state index >= 15 is 0 Å². The molecule has 1 amide bonds. The van der Waals surface area contributed by atoms with Crippen molar-refractivity contribution in [3.05, 3.63) is 29.3 Å². The molecule has 1 aromatic carbocycles. The van der Waals surface area contributed by atoms with Gasteiger partial charge in [0.1, 0.15) is 0 Å². The van der Waals surface area contributed by atoms with Crippen molar-refractivity contribution in [1.82, 2.24) is 5.32 Å².